The van der Waals surface area contributed by atoms with Gasteiger partial charge in [0, 0.05) is 0 Å². The molecule has 0 radical (unpaired) electrons. The van der Waals surface area contributed by atoms with Crippen molar-refractivity contribution in [2.75, 3.05) is 0 Å². The fraction of sp³-hybridized carbons (Fsp3) is 0.300. The van der Waals surface area contributed by atoms with Crippen molar-refractivity contribution in [1.29, 1.82) is 0 Å². The number of carboxylic acids is 1. The predicted octanol–water partition coefficient (Wildman–Crippen LogP) is 4.58. The highest BCUT2D eigenvalue weighted by molar-refractivity contribution is 5.79. The minimum atomic E-state index is -4.48. The van der Waals surface area contributed by atoms with Crippen LogP contribution in [0.15, 0.2) is 54.6 Å². The Hall–Kier alpha value is -3.03. The van der Waals surface area contributed by atoms with Crippen molar-refractivity contribution in [3.63, 3.8) is 0 Å². The third kappa shape index (κ3) is 6.29. The lowest BCUT2D eigenvalue weighted by Gasteiger charge is -2.20. The number of alkyl halides is 3. The van der Waals surface area contributed by atoms with Gasteiger partial charge < -0.3 is 15.2 Å². The van der Waals surface area contributed by atoms with Crippen LogP contribution < -0.4 is 5.32 Å². The SMILES string of the molecule is CC(CC(NC(=O)OCc1ccccc1)C(=O)O)c1cccc(C(F)(F)F)c1. The molecule has 28 heavy (non-hydrogen) atoms. The molecule has 8 heteroatoms. The number of hydrogen-bond acceptors (Lipinski definition) is 3. The quantitative estimate of drug-likeness (QED) is 0.720. The molecule has 0 aliphatic heterocycles. The molecule has 0 spiro atoms. The van der Waals surface area contributed by atoms with Crippen LogP contribution in [0.25, 0.3) is 0 Å². The molecule has 2 aromatic rings. The van der Waals surface area contributed by atoms with Gasteiger partial charge in [-0.1, -0.05) is 55.5 Å². The minimum absolute atomic E-state index is 0.0256. The van der Waals surface area contributed by atoms with Gasteiger partial charge in [0.1, 0.15) is 12.6 Å². The van der Waals surface area contributed by atoms with Gasteiger partial charge in [0.2, 0.25) is 0 Å². The maximum absolute atomic E-state index is 12.9. The van der Waals surface area contributed by atoms with Gasteiger partial charge in [-0.3, -0.25) is 0 Å². The first-order chi connectivity index (χ1) is 13.2. The van der Waals surface area contributed by atoms with E-state index in [0.29, 0.717) is 5.56 Å². The molecular weight excluding hydrogens is 375 g/mol. The fourth-order valence-corrected chi connectivity index (χ4v) is 2.64. The molecule has 0 bridgehead atoms. The van der Waals surface area contributed by atoms with E-state index in [9.17, 15) is 27.9 Å². The van der Waals surface area contributed by atoms with Crippen LogP contribution in [0.2, 0.25) is 0 Å². The van der Waals surface area contributed by atoms with Crippen molar-refractivity contribution in [3.8, 4) is 0 Å². The Bertz CT molecular complexity index is 809. The molecule has 2 N–H and O–H groups in total. The second-order valence-electron chi connectivity index (χ2n) is 6.36. The second-order valence-corrected chi connectivity index (χ2v) is 6.36. The van der Waals surface area contributed by atoms with E-state index < -0.39 is 35.8 Å². The average molecular weight is 395 g/mol. The summed E-state index contributed by atoms with van der Waals surface area (Å²) < 4.78 is 43.6. The highest BCUT2D eigenvalue weighted by Crippen LogP contribution is 2.32. The zero-order chi connectivity index (χ0) is 20.7. The number of hydrogen-bond donors (Lipinski definition) is 2. The average Bonchev–Trinajstić information content (AvgIpc) is 2.66. The number of carboxylic acid groups (broad SMARTS) is 1. The summed E-state index contributed by atoms with van der Waals surface area (Å²) in [5.74, 6) is -1.83. The first-order valence-corrected chi connectivity index (χ1v) is 8.54. The Morgan fingerprint density at radius 3 is 2.39 bits per heavy atom. The Labute approximate surface area is 160 Å². The molecule has 0 aliphatic rings. The van der Waals surface area contributed by atoms with E-state index in [1.807, 2.05) is 0 Å². The summed E-state index contributed by atoms with van der Waals surface area (Å²) >= 11 is 0. The molecule has 1 amide bonds. The van der Waals surface area contributed by atoms with Crippen LogP contribution in [0.5, 0.6) is 0 Å². The van der Waals surface area contributed by atoms with Crippen LogP contribution in [0.4, 0.5) is 18.0 Å². The van der Waals surface area contributed by atoms with Crippen LogP contribution in [0, 0.1) is 0 Å². The van der Waals surface area contributed by atoms with Crippen molar-refractivity contribution in [2.45, 2.75) is 38.1 Å². The summed E-state index contributed by atoms with van der Waals surface area (Å²) in [5, 5.41) is 11.6. The molecule has 2 unspecified atom stereocenters. The molecule has 0 fully saturated rings. The largest absolute Gasteiger partial charge is 0.480 e. The van der Waals surface area contributed by atoms with E-state index in [2.05, 4.69) is 5.32 Å². The Kier molecular flexibility index (Phi) is 7.03. The van der Waals surface area contributed by atoms with Gasteiger partial charge in [-0.15, -0.1) is 0 Å². The molecule has 150 valence electrons. The molecule has 0 aromatic heterocycles. The Balaban J connectivity index is 1.98. The number of carbonyl (C=O) groups is 2. The number of aliphatic carboxylic acids is 1. The van der Waals surface area contributed by atoms with Crippen LogP contribution in [0.1, 0.15) is 36.0 Å². The number of halogens is 3. The first kappa shape index (κ1) is 21.3. The van der Waals surface area contributed by atoms with Gasteiger partial charge in [0.25, 0.3) is 0 Å². The lowest BCUT2D eigenvalue weighted by molar-refractivity contribution is -0.140. The number of amides is 1. The normalized spacial score (nSPS) is 13.4. The number of carbonyl (C=O) groups excluding carboxylic acids is 1. The number of rotatable bonds is 7. The Morgan fingerprint density at radius 2 is 1.79 bits per heavy atom. The topological polar surface area (TPSA) is 75.6 Å². The highest BCUT2D eigenvalue weighted by atomic mass is 19.4. The molecule has 0 saturated carbocycles. The van der Waals surface area contributed by atoms with Crippen LogP contribution >= 0.6 is 0 Å². The molecule has 0 heterocycles. The van der Waals surface area contributed by atoms with Gasteiger partial charge in [0.15, 0.2) is 0 Å². The maximum Gasteiger partial charge on any atom is 0.416 e. The molecule has 2 atom stereocenters. The van der Waals surface area contributed by atoms with Crippen molar-refractivity contribution in [3.05, 3.63) is 71.3 Å². The monoisotopic (exact) mass is 395 g/mol. The van der Waals surface area contributed by atoms with E-state index in [4.69, 9.17) is 4.74 Å². The zero-order valence-corrected chi connectivity index (χ0v) is 15.1. The molecule has 0 aliphatic carbocycles. The third-order valence-electron chi connectivity index (χ3n) is 4.18. The zero-order valence-electron chi connectivity index (χ0n) is 15.1. The molecular formula is C20H20F3NO4. The van der Waals surface area contributed by atoms with Gasteiger partial charge in [0.05, 0.1) is 5.56 Å². The minimum Gasteiger partial charge on any atom is -0.480 e. The summed E-state index contributed by atoms with van der Waals surface area (Å²) in [7, 11) is 0. The highest BCUT2D eigenvalue weighted by Gasteiger charge is 2.31. The number of benzene rings is 2. The number of ether oxygens (including phenoxy) is 1. The van der Waals surface area contributed by atoms with E-state index >= 15 is 0 Å². The van der Waals surface area contributed by atoms with E-state index in [0.717, 1.165) is 17.7 Å². The second kappa shape index (κ2) is 9.25. The lowest BCUT2D eigenvalue weighted by atomic mass is 9.92. The Morgan fingerprint density at radius 1 is 1.11 bits per heavy atom. The van der Waals surface area contributed by atoms with Gasteiger partial charge in [-0.05, 0) is 29.5 Å². The van der Waals surface area contributed by atoms with Gasteiger partial charge in [-0.2, -0.15) is 13.2 Å². The van der Waals surface area contributed by atoms with Crippen LogP contribution in [-0.4, -0.2) is 23.2 Å². The fourth-order valence-electron chi connectivity index (χ4n) is 2.64. The van der Waals surface area contributed by atoms with Crippen molar-refractivity contribution in [2.24, 2.45) is 0 Å². The lowest BCUT2D eigenvalue weighted by Crippen LogP contribution is -2.41. The molecule has 0 saturated heterocycles. The first-order valence-electron chi connectivity index (χ1n) is 8.54. The standard InChI is InChI=1S/C20H20F3NO4/c1-13(15-8-5-9-16(11-15)20(21,22)23)10-17(18(25)26)24-19(27)28-12-14-6-3-2-4-7-14/h2-9,11,13,17H,10,12H2,1H3,(H,24,27)(H,25,26). The van der Waals surface area contributed by atoms with Gasteiger partial charge in [-0.25, -0.2) is 9.59 Å². The summed E-state index contributed by atoms with van der Waals surface area (Å²) in [4.78, 5) is 23.3. The third-order valence-corrected chi connectivity index (χ3v) is 4.18. The summed E-state index contributed by atoms with van der Waals surface area (Å²) in [5.41, 5.74) is 0.265. The van der Waals surface area contributed by atoms with E-state index in [1.54, 1.807) is 37.3 Å². The van der Waals surface area contributed by atoms with Crippen molar-refractivity contribution in [1.82, 2.24) is 5.32 Å². The smallest absolute Gasteiger partial charge is 0.416 e. The van der Waals surface area contributed by atoms with E-state index in [1.165, 1.54) is 12.1 Å². The maximum atomic E-state index is 12.9. The summed E-state index contributed by atoms with van der Waals surface area (Å²) in [6.07, 6.45) is -5.48. The summed E-state index contributed by atoms with van der Waals surface area (Å²) in [6.45, 7) is 1.57. The van der Waals surface area contributed by atoms with Crippen LogP contribution in [0.3, 0.4) is 0 Å². The molecule has 5 nitrogen and oxygen atoms in total. The number of nitrogens with one attached hydrogen (secondary N) is 1. The summed E-state index contributed by atoms with van der Waals surface area (Å²) in [6, 6.07) is 12.2. The molecule has 2 rings (SSSR count). The molecule has 2 aromatic carbocycles. The predicted molar refractivity (Wildman–Crippen MR) is 95.7 cm³/mol. The van der Waals surface area contributed by atoms with Gasteiger partial charge >= 0.3 is 18.2 Å². The van der Waals surface area contributed by atoms with Crippen molar-refractivity contribution < 1.29 is 32.6 Å². The van der Waals surface area contributed by atoms with E-state index in [-0.39, 0.29) is 13.0 Å². The number of alkyl carbamates (subject to hydrolysis) is 1. The van der Waals surface area contributed by atoms with Crippen molar-refractivity contribution >= 4 is 12.1 Å². The van der Waals surface area contributed by atoms with Crippen LogP contribution in [-0.2, 0) is 22.3 Å².